The van der Waals surface area contributed by atoms with Gasteiger partial charge in [0, 0.05) is 0 Å². The largest absolute Gasteiger partial charge is 0.465 e. The van der Waals surface area contributed by atoms with E-state index in [1.807, 2.05) is 0 Å². The molecule has 0 fully saturated rings. The molecule has 1 atom stereocenters. The van der Waals surface area contributed by atoms with Crippen LogP contribution in [0.3, 0.4) is 0 Å². The average Bonchev–Trinajstić information content (AvgIpc) is 2.15. The summed E-state index contributed by atoms with van der Waals surface area (Å²) in [5.41, 5.74) is 5.45. The van der Waals surface area contributed by atoms with Gasteiger partial charge < -0.3 is 15.8 Å². The Bertz CT molecular complexity index is 216. The van der Waals surface area contributed by atoms with Crippen molar-refractivity contribution >= 4 is 11.9 Å². The minimum atomic E-state index is -0.651. The number of esters is 1. The molecule has 0 spiro atoms. The van der Waals surface area contributed by atoms with Crippen molar-refractivity contribution < 1.29 is 14.3 Å². The lowest BCUT2D eigenvalue weighted by Gasteiger charge is -2.09. The number of carbonyl (C=O) groups excluding carboxylic acids is 2. The maximum atomic E-state index is 11.1. The Balaban J connectivity index is 3.72. The highest BCUT2D eigenvalue weighted by Crippen LogP contribution is 1.88. The third-order valence-corrected chi connectivity index (χ3v) is 1.47. The number of carbonyl (C=O) groups is 2. The van der Waals surface area contributed by atoms with Gasteiger partial charge in [0.15, 0.2) is 0 Å². The quantitative estimate of drug-likeness (QED) is 0.450. The van der Waals surface area contributed by atoms with Crippen LogP contribution in [0.1, 0.15) is 13.3 Å². The third kappa shape index (κ3) is 5.31. The second kappa shape index (κ2) is 7.08. The van der Waals surface area contributed by atoms with E-state index in [4.69, 9.17) is 5.73 Å². The van der Waals surface area contributed by atoms with E-state index in [1.54, 1.807) is 13.0 Å². The number of nitrogens with two attached hydrogens (primary N) is 1. The van der Waals surface area contributed by atoms with Crippen LogP contribution in [-0.2, 0) is 14.3 Å². The van der Waals surface area contributed by atoms with E-state index in [1.165, 1.54) is 0 Å². The maximum absolute atomic E-state index is 11.1. The zero-order valence-corrected chi connectivity index (χ0v) is 8.29. The van der Waals surface area contributed by atoms with Gasteiger partial charge in [0.25, 0.3) is 0 Å². The predicted molar refractivity (Wildman–Crippen MR) is 52.4 cm³/mol. The number of nitrogens with one attached hydrogen (secondary N) is 1. The standard InChI is InChI=1S/C9H16N2O3/c1-3-5-7(10)9(13)11-6-8(12)14-4-2/h3,7H,1,4-6,10H2,2H3,(H,11,13). The molecule has 0 saturated heterocycles. The van der Waals surface area contributed by atoms with Crippen molar-refractivity contribution in [1.82, 2.24) is 5.32 Å². The van der Waals surface area contributed by atoms with Crippen LogP contribution in [0.25, 0.3) is 0 Å². The molecule has 1 amide bonds. The number of hydrogen-bond donors (Lipinski definition) is 2. The summed E-state index contributed by atoms with van der Waals surface area (Å²) in [6.45, 7) is 5.31. The summed E-state index contributed by atoms with van der Waals surface area (Å²) >= 11 is 0. The van der Waals surface area contributed by atoms with E-state index in [0.717, 1.165) is 0 Å². The lowest BCUT2D eigenvalue weighted by atomic mass is 10.2. The average molecular weight is 200 g/mol. The van der Waals surface area contributed by atoms with Crippen molar-refractivity contribution in [2.45, 2.75) is 19.4 Å². The van der Waals surface area contributed by atoms with Crippen LogP contribution in [-0.4, -0.2) is 31.1 Å². The van der Waals surface area contributed by atoms with Gasteiger partial charge in [-0.3, -0.25) is 9.59 Å². The predicted octanol–water partition coefficient (Wildman–Crippen LogP) is -0.431. The summed E-state index contributed by atoms with van der Waals surface area (Å²) in [6, 6.07) is -0.651. The first kappa shape index (κ1) is 12.6. The van der Waals surface area contributed by atoms with E-state index in [0.29, 0.717) is 13.0 Å². The normalized spacial score (nSPS) is 11.6. The fraction of sp³-hybridized carbons (Fsp3) is 0.556. The Kier molecular flexibility index (Phi) is 6.39. The van der Waals surface area contributed by atoms with Crippen LogP contribution >= 0.6 is 0 Å². The summed E-state index contributed by atoms with van der Waals surface area (Å²) in [4.78, 5) is 22.0. The molecule has 14 heavy (non-hydrogen) atoms. The van der Waals surface area contributed by atoms with Crippen molar-refractivity contribution in [3.63, 3.8) is 0 Å². The smallest absolute Gasteiger partial charge is 0.325 e. The Hall–Kier alpha value is -1.36. The van der Waals surface area contributed by atoms with Crippen LogP contribution in [0.15, 0.2) is 12.7 Å². The number of amides is 1. The van der Waals surface area contributed by atoms with Crippen molar-refractivity contribution in [3.8, 4) is 0 Å². The SMILES string of the molecule is C=CCC(N)C(=O)NCC(=O)OCC. The molecule has 0 bridgehead atoms. The number of ether oxygens (including phenoxy) is 1. The molecule has 0 aliphatic carbocycles. The summed E-state index contributed by atoms with van der Waals surface area (Å²) < 4.78 is 4.62. The van der Waals surface area contributed by atoms with Gasteiger partial charge in [0.05, 0.1) is 12.6 Å². The summed E-state index contributed by atoms with van der Waals surface area (Å²) in [5.74, 6) is -0.843. The molecule has 5 nitrogen and oxygen atoms in total. The number of rotatable bonds is 6. The van der Waals surface area contributed by atoms with Gasteiger partial charge in [-0.2, -0.15) is 0 Å². The monoisotopic (exact) mass is 200 g/mol. The molecule has 0 aliphatic rings. The van der Waals surface area contributed by atoms with E-state index in [2.05, 4.69) is 16.6 Å². The van der Waals surface area contributed by atoms with Gasteiger partial charge in [-0.25, -0.2) is 0 Å². The summed E-state index contributed by atoms with van der Waals surface area (Å²) in [6.07, 6.45) is 1.93. The molecule has 0 saturated carbocycles. The molecule has 1 unspecified atom stereocenters. The third-order valence-electron chi connectivity index (χ3n) is 1.47. The first-order valence-electron chi connectivity index (χ1n) is 4.41. The summed E-state index contributed by atoms with van der Waals surface area (Å²) in [5, 5.41) is 2.37. The molecule has 5 heteroatoms. The van der Waals surface area contributed by atoms with Crippen LogP contribution in [0.5, 0.6) is 0 Å². The zero-order chi connectivity index (χ0) is 11.0. The van der Waals surface area contributed by atoms with Gasteiger partial charge in [-0.1, -0.05) is 6.08 Å². The Morgan fingerprint density at radius 2 is 2.29 bits per heavy atom. The molecular formula is C9H16N2O3. The van der Waals surface area contributed by atoms with Gasteiger partial charge >= 0.3 is 5.97 Å². The molecule has 0 aliphatic heterocycles. The molecule has 0 rings (SSSR count). The lowest BCUT2D eigenvalue weighted by Crippen LogP contribution is -2.42. The minimum absolute atomic E-state index is 0.141. The molecule has 0 aromatic rings. The van der Waals surface area contributed by atoms with Crippen LogP contribution < -0.4 is 11.1 Å². The van der Waals surface area contributed by atoms with Crippen molar-refractivity contribution in [2.75, 3.05) is 13.2 Å². The van der Waals surface area contributed by atoms with Gasteiger partial charge in [0.2, 0.25) is 5.91 Å². The van der Waals surface area contributed by atoms with Crippen molar-refractivity contribution in [1.29, 1.82) is 0 Å². The molecule has 0 aromatic heterocycles. The van der Waals surface area contributed by atoms with Gasteiger partial charge in [-0.05, 0) is 13.3 Å². The van der Waals surface area contributed by atoms with Crippen molar-refractivity contribution in [3.05, 3.63) is 12.7 Å². The van der Waals surface area contributed by atoms with Crippen molar-refractivity contribution in [2.24, 2.45) is 5.73 Å². The highest BCUT2D eigenvalue weighted by Gasteiger charge is 2.12. The van der Waals surface area contributed by atoms with E-state index < -0.39 is 12.0 Å². The Labute approximate surface area is 83.3 Å². The molecule has 80 valence electrons. The number of hydrogen-bond acceptors (Lipinski definition) is 4. The lowest BCUT2D eigenvalue weighted by molar-refractivity contribution is -0.143. The Morgan fingerprint density at radius 3 is 2.79 bits per heavy atom. The first-order valence-corrected chi connectivity index (χ1v) is 4.41. The van der Waals surface area contributed by atoms with Gasteiger partial charge in [-0.15, -0.1) is 6.58 Å². The maximum Gasteiger partial charge on any atom is 0.325 e. The second-order valence-electron chi connectivity index (χ2n) is 2.65. The fourth-order valence-electron chi connectivity index (χ4n) is 0.789. The highest BCUT2D eigenvalue weighted by molar-refractivity contribution is 5.85. The molecule has 3 N–H and O–H groups in total. The zero-order valence-electron chi connectivity index (χ0n) is 8.29. The topological polar surface area (TPSA) is 81.4 Å². The molecule has 0 radical (unpaired) electrons. The summed E-state index contributed by atoms with van der Waals surface area (Å²) in [7, 11) is 0. The van der Waals surface area contributed by atoms with Crippen LogP contribution in [0.2, 0.25) is 0 Å². The first-order chi connectivity index (χ1) is 6.61. The van der Waals surface area contributed by atoms with Crippen LogP contribution in [0.4, 0.5) is 0 Å². The van der Waals surface area contributed by atoms with Crippen LogP contribution in [0, 0.1) is 0 Å². The molecule has 0 heterocycles. The second-order valence-corrected chi connectivity index (χ2v) is 2.65. The van der Waals surface area contributed by atoms with E-state index in [9.17, 15) is 9.59 Å². The van der Waals surface area contributed by atoms with Gasteiger partial charge in [0.1, 0.15) is 6.54 Å². The minimum Gasteiger partial charge on any atom is -0.465 e. The molecular weight excluding hydrogens is 184 g/mol. The fourth-order valence-corrected chi connectivity index (χ4v) is 0.789. The van der Waals surface area contributed by atoms with E-state index in [-0.39, 0.29) is 12.5 Å². The highest BCUT2D eigenvalue weighted by atomic mass is 16.5. The Morgan fingerprint density at radius 1 is 1.64 bits per heavy atom. The van der Waals surface area contributed by atoms with E-state index >= 15 is 0 Å². The molecule has 0 aromatic carbocycles.